The smallest absolute Gasteiger partial charge is 0.424 e. The number of hydrogen-bond acceptors (Lipinski definition) is 3. The van der Waals surface area contributed by atoms with Crippen molar-refractivity contribution < 1.29 is 18.3 Å². The molecule has 0 aliphatic heterocycles. The van der Waals surface area contributed by atoms with E-state index in [1.807, 2.05) is 0 Å². The van der Waals surface area contributed by atoms with Crippen LogP contribution in [0.4, 0.5) is 4.79 Å². The molecular formula is C3H6O4S. The molecule has 0 aromatic carbocycles. The van der Waals surface area contributed by atoms with Crippen LogP contribution in [0.3, 0.4) is 0 Å². The van der Waals surface area contributed by atoms with Gasteiger partial charge in [0.15, 0.2) is 0 Å². The summed E-state index contributed by atoms with van der Waals surface area (Å²) < 4.78 is 21.8. The third kappa shape index (κ3) is 2.70. The fourth-order valence-corrected chi connectivity index (χ4v) is 0.387. The predicted molar refractivity (Wildman–Crippen MR) is 27.8 cm³/mol. The normalized spacial score (nSPS) is 12.8. The van der Waals surface area contributed by atoms with E-state index in [1.165, 1.54) is 0 Å². The highest BCUT2D eigenvalue weighted by Gasteiger charge is 2.06. The summed E-state index contributed by atoms with van der Waals surface area (Å²) >= 11 is -2.47. The first-order chi connectivity index (χ1) is 3.68. The van der Waals surface area contributed by atoms with Crippen LogP contribution < -0.4 is 0 Å². The minimum atomic E-state index is -2.47. The molecule has 0 aliphatic carbocycles. The Morgan fingerprint density at radius 3 is 2.50 bits per heavy atom. The second-order valence-electron chi connectivity index (χ2n) is 0.932. The van der Waals surface area contributed by atoms with Crippen molar-refractivity contribution in [3.63, 3.8) is 0 Å². The molecule has 0 rings (SSSR count). The standard InChI is InChI=1S/C3H6O4S/c1-2-7-3(4)8(5)6/h2H2,1H3,(H,5,6). The van der Waals surface area contributed by atoms with Gasteiger partial charge in [-0.1, -0.05) is 0 Å². The van der Waals surface area contributed by atoms with Crippen LogP contribution in [0.15, 0.2) is 0 Å². The fourth-order valence-electron chi connectivity index (χ4n) is 0.168. The summed E-state index contributed by atoms with van der Waals surface area (Å²) in [5, 5.41) is -1.09. The van der Waals surface area contributed by atoms with Gasteiger partial charge in [0.1, 0.15) is 0 Å². The molecule has 0 bridgehead atoms. The lowest BCUT2D eigenvalue weighted by Crippen LogP contribution is -2.07. The second-order valence-corrected chi connectivity index (χ2v) is 1.76. The molecule has 0 fully saturated rings. The Balaban J connectivity index is 3.49. The molecule has 0 aliphatic rings. The molecule has 1 atom stereocenters. The monoisotopic (exact) mass is 138 g/mol. The fraction of sp³-hybridized carbons (Fsp3) is 0.667. The van der Waals surface area contributed by atoms with E-state index in [-0.39, 0.29) is 6.61 Å². The molecular weight excluding hydrogens is 132 g/mol. The minimum Gasteiger partial charge on any atom is -0.454 e. The van der Waals surface area contributed by atoms with Crippen LogP contribution in [0.5, 0.6) is 0 Å². The Labute approximate surface area is 49.1 Å². The van der Waals surface area contributed by atoms with Gasteiger partial charge in [-0.3, -0.25) is 4.55 Å². The zero-order valence-corrected chi connectivity index (χ0v) is 5.10. The van der Waals surface area contributed by atoms with Gasteiger partial charge in [0.2, 0.25) is 0 Å². The Bertz CT molecular complexity index is 110. The van der Waals surface area contributed by atoms with E-state index in [0.717, 1.165) is 0 Å². The molecule has 4 nitrogen and oxygen atoms in total. The van der Waals surface area contributed by atoms with Gasteiger partial charge in [0, 0.05) is 0 Å². The van der Waals surface area contributed by atoms with E-state index < -0.39 is 16.4 Å². The summed E-state index contributed by atoms with van der Waals surface area (Å²) in [4.78, 5) is 9.97. The lowest BCUT2D eigenvalue weighted by Gasteiger charge is -1.92. The van der Waals surface area contributed by atoms with E-state index in [9.17, 15) is 9.00 Å². The highest BCUT2D eigenvalue weighted by molar-refractivity contribution is 7.94. The summed E-state index contributed by atoms with van der Waals surface area (Å²) in [5.41, 5.74) is 0. The largest absolute Gasteiger partial charge is 0.454 e. The number of hydrogen-bond donors (Lipinski definition) is 1. The van der Waals surface area contributed by atoms with Gasteiger partial charge in [-0.25, -0.2) is 9.00 Å². The summed E-state index contributed by atoms with van der Waals surface area (Å²) in [7, 11) is 0. The van der Waals surface area contributed by atoms with Crippen molar-refractivity contribution in [3.05, 3.63) is 0 Å². The molecule has 0 amide bonds. The summed E-state index contributed by atoms with van der Waals surface area (Å²) in [6.07, 6.45) is 0. The lowest BCUT2D eigenvalue weighted by atomic mass is 10.9. The maximum atomic E-state index is 9.97. The molecule has 1 N–H and O–H groups in total. The number of carbonyl (C=O) groups excluding carboxylic acids is 1. The molecule has 0 aromatic rings. The zero-order chi connectivity index (χ0) is 6.57. The van der Waals surface area contributed by atoms with Crippen molar-refractivity contribution in [2.45, 2.75) is 6.92 Å². The van der Waals surface area contributed by atoms with Gasteiger partial charge in [-0.2, -0.15) is 0 Å². The van der Waals surface area contributed by atoms with Gasteiger partial charge in [0.25, 0.3) is 11.1 Å². The number of rotatable bonds is 1. The maximum absolute atomic E-state index is 9.97. The third-order valence-corrected chi connectivity index (χ3v) is 0.808. The van der Waals surface area contributed by atoms with Crippen LogP contribution in [-0.4, -0.2) is 20.7 Å². The van der Waals surface area contributed by atoms with Crippen molar-refractivity contribution in [2.24, 2.45) is 0 Å². The molecule has 8 heavy (non-hydrogen) atoms. The van der Waals surface area contributed by atoms with E-state index in [4.69, 9.17) is 4.55 Å². The van der Waals surface area contributed by atoms with Crippen molar-refractivity contribution in [1.29, 1.82) is 0 Å². The molecule has 0 saturated heterocycles. The molecule has 48 valence electrons. The molecule has 0 saturated carbocycles. The van der Waals surface area contributed by atoms with Gasteiger partial charge >= 0.3 is 5.30 Å². The molecule has 0 radical (unpaired) electrons. The van der Waals surface area contributed by atoms with Crippen LogP contribution >= 0.6 is 0 Å². The van der Waals surface area contributed by atoms with Crippen LogP contribution in [0, 0.1) is 0 Å². The summed E-state index contributed by atoms with van der Waals surface area (Å²) in [5.74, 6) is 0. The highest BCUT2D eigenvalue weighted by atomic mass is 32.2. The van der Waals surface area contributed by atoms with Crippen LogP contribution in [0.2, 0.25) is 0 Å². The van der Waals surface area contributed by atoms with E-state index in [0.29, 0.717) is 0 Å². The third-order valence-electron chi connectivity index (χ3n) is 0.405. The average molecular weight is 138 g/mol. The van der Waals surface area contributed by atoms with E-state index in [1.54, 1.807) is 6.92 Å². The van der Waals surface area contributed by atoms with Crippen molar-refractivity contribution >= 4 is 16.4 Å². The molecule has 0 spiro atoms. The Kier molecular flexibility index (Phi) is 3.38. The van der Waals surface area contributed by atoms with Crippen LogP contribution in [0.1, 0.15) is 6.92 Å². The van der Waals surface area contributed by atoms with E-state index >= 15 is 0 Å². The van der Waals surface area contributed by atoms with E-state index in [2.05, 4.69) is 4.74 Å². The van der Waals surface area contributed by atoms with Gasteiger partial charge < -0.3 is 4.74 Å². The van der Waals surface area contributed by atoms with Gasteiger partial charge in [0.05, 0.1) is 6.61 Å². The first-order valence-electron chi connectivity index (χ1n) is 1.96. The molecule has 0 heterocycles. The number of carbonyl (C=O) groups is 1. The maximum Gasteiger partial charge on any atom is 0.424 e. The summed E-state index contributed by atoms with van der Waals surface area (Å²) in [6.45, 7) is 1.69. The molecule has 5 heteroatoms. The minimum absolute atomic E-state index is 0.130. The van der Waals surface area contributed by atoms with Crippen LogP contribution in [0.25, 0.3) is 0 Å². The quantitative estimate of drug-likeness (QED) is 0.420. The number of ether oxygens (including phenoxy) is 1. The summed E-state index contributed by atoms with van der Waals surface area (Å²) in [6, 6.07) is 0. The lowest BCUT2D eigenvalue weighted by molar-refractivity contribution is 0.178. The Hall–Kier alpha value is -0.420. The predicted octanol–water partition coefficient (Wildman–Crippen LogP) is 0.365. The van der Waals surface area contributed by atoms with Crippen molar-refractivity contribution in [3.8, 4) is 0 Å². The Morgan fingerprint density at radius 1 is 1.88 bits per heavy atom. The van der Waals surface area contributed by atoms with Gasteiger partial charge in [-0.15, -0.1) is 0 Å². The molecule has 1 unspecified atom stereocenters. The van der Waals surface area contributed by atoms with Crippen molar-refractivity contribution in [1.82, 2.24) is 0 Å². The Morgan fingerprint density at radius 2 is 2.38 bits per heavy atom. The van der Waals surface area contributed by atoms with Crippen LogP contribution in [-0.2, 0) is 15.8 Å². The first kappa shape index (κ1) is 7.58. The average Bonchev–Trinajstić information content (AvgIpc) is 1.67. The topological polar surface area (TPSA) is 63.6 Å². The van der Waals surface area contributed by atoms with Crippen molar-refractivity contribution in [2.75, 3.05) is 6.61 Å². The highest BCUT2D eigenvalue weighted by Crippen LogP contribution is 1.83. The first-order valence-corrected chi connectivity index (χ1v) is 3.06. The van der Waals surface area contributed by atoms with Gasteiger partial charge in [-0.05, 0) is 6.92 Å². The second kappa shape index (κ2) is 3.57. The molecule has 0 aromatic heterocycles. The zero-order valence-electron chi connectivity index (χ0n) is 4.29. The SMILES string of the molecule is CCOC(=O)S(=O)O.